The fourth-order valence-electron chi connectivity index (χ4n) is 2.04. The molecule has 3 rings (SSSR count). The summed E-state index contributed by atoms with van der Waals surface area (Å²) in [7, 11) is 0. The summed E-state index contributed by atoms with van der Waals surface area (Å²) in [5.41, 5.74) is 1.25. The second kappa shape index (κ2) is 7.61. The highest BCUT2D eigenvalue weighted by atomic mass is 35.5. The highest BCUT2D eigenvalue weighted by molar-refractivity contribution is 6.30. The molecular weight excluding hydrogens is 328 g/mol. The molecule has 0 spiro atoms. The third-order valence-electron chi connectivity index (χ3n) is 3.29. The number of rotatable bonds is 6. The smallest absolute Gasteiger partial charge is 0.270 e. The van der Waals surface area contributed by atoms with E-state index >= 15 is 0 Å². The minimum Gasteiger partial charge on any atom is -0.467 e. The first-order valence-corrected chi connectivity index (χ1v) is 7.69. The molecular formula is C17H15ClN4O2. The Bertz CT molecular complexity index is 804. The lowest BCUT2D eigenvalue weighted by molar-refractivity contribution is 0.0946. The Hall–Kier alpha value is -2.86. The average Bonchev–Trinajstić information content (AvgIpc) is 3.13. The molecule has 2 N–H and O–H groups in total. The summed E-state index contributed by atoms with van der Waals surface area (Å²) in [4.78, 5) is 20.3. The van der Waals surface area contributed by atoms with Gasteiger partial charge >= 0.3 is 0 Å². The van der Waals surface area contributed by atoms with Gasteiger partial charge in [-0.2, -0.15) is 0 Å². The number of anilines is 1. The highest BCUT2D eigenvalue weighted by Crippen LogP contribution is 2.10. The van der Waals surface area contributed by atoms with E-state index in [4.69, 9.17) is 16.0 Å². The molecule has 122 valence electrons. The monoisotopic (exact) mass is 342 g/mol. The van der Waals surface area contributed by atoms with Crippen molar-refractivity contribution in [2.24, 2.45) is 0 Å². The van der Waals surface area contributed by atoms with Gasteiger partial charge in [-0.25, -0.2) is 9.97 Å². The van der Waals surface area contributed by atoms with Crippen molar-refractivity contribution in [3.63, 3.8) is 0 Å². The van der Waals surface area contributed by atoms with Gasteiger partial charge in [0.15, 0.2) is 0 Å². The van der Waals surface area contributed by atoms with Crippen molar-refractivity contribution in [1.29, 1.82) is 0 Å². The van der Waals surface area contributed by atoms with E-state index < -0.39 is 0 Å². The van der Waals surface area contributed by atoms with Crippen molar-refractivity contribution < 1.29 is 9.21 Å². The molecule has 2 aromatic heterocycles. The number of furan rings is 1. The van der Waals surface area contributed by atoms with Crippen LogP contribution in [0.5, 0.6) is 0 Å². The van der Waals surface area contributed by atoms with Crippen LogP contribution in [0.3, 0.4) is 0 Å². The van der Waals surface area contributed by atoms with Crippen molar-refractivity contribution in [2.75, 3.05) is 5.32 Å². The van der Waals surface area contributed by atoms with Crippen LogP contribution in [0.4, 0.5) is 5.82 Å². The maximum absolute atomic E-state index is 12.2. The van der Waals surface area contributed by atoms with Gasteiger partial charge in [0.2, 0.25) is 0 Å². The molecule has 0 aliphatic heterocycles. The van der Waals surface area contributed by atoms with E-state index in [0.29, 0.717) is 29.6 Å². The number of amides is 1. The molecule has 7 heteroatoms. The lowest BCUT2D eigenvalue weighted by Crippen LogP contribution is -2.24. The van der Waals surface area contributed by atoms with E-state index in [0.717, 1.165) is 11.3 Å². The topological polar surface area (TPSA) is 80.0 Å². The molecule has 24 heavy (non-hydrogen) atoms. The Balaban J connectivity index is 1.58. The Kier molecular flexibility index (Phi) is 5.08. The maximum atomic E-state index is 12.2. The highest BCUT2D eigenvalue weighted by Gasteiger charge is 2.09. The van der Waals surface area contributed by atoms with Crippen LogP contribution in [0, 0.1) is 0 Å². The number of carbonyl (C=O) groups excluding carboxylic acids is 1. The fourth-order valence-corrected chi connectivity index (χ4v) is 2.17. The molecule has 0 atom stereocenters. The molecule has 0 unspecified atom stereocenters. The van der Waals surface area contributed by atoms with E-state index in [1.54, 1.807) is 24.5 Å². The molecule has 0 saturated carbocycles. The predicted molar refractivity (Wildman–Crippen MR) is 90.7 cm³/mol. The quantitative estimate of drug-likeness (QED) is 0.718. The average molecular weight is 343 g/mol. The number of benzene rings is 1. The SMILES string of the molecule is O=C(NCc1ccc(Cl)cc1)c1cc(NCc2ccco2)ncn1. The molecule has 1 amide bonds. The molecule has 0 fully saturated rings. The maximum Gasteiger partial charge on any atom is 0.270 e. The van der Waals surface area contributed by atoms with Crippen LogP contribution in [-0.4, -0.2) is 15.9 Å². The number of nitrogens with one attached hydrogen (secondary N) is 2. The Morgan fingerprint density at radius 3 is 2.71 bits per heavy atom. The normalized spacial score (nSPS) is 10.4. The van der Waals surface area contributed by atoms with Crippen molar-refractivity contribution in [3.8, 4) is 0 Å². The fraction of sp³-hybridized carbons (Fsp3) is 0.118. The lowest BCUT2D eigenvalue weighted by atomic mass is 10.2. The van der Waals surface area contributed by atoms with Gasteiger partial charge in [0, 0.05) is 17.6 Å². The Morgan fingerprint density at radius 1 is 1.12 bits per heavy atom. The minimum absolute atomic E-state index is 0.270. The first kappa shape index (κ1) is 16.0. The summed E-state index contributed by atoms with van der Waals surface area (Å²) in [6.45, 7) is 0.880. The van der Waals surface area contributed by atoms with Crippen molar-refractivity contribution >= 4 is 23.3 Å². The summed E-state index contributed by atoms with van der Waals surface area (Å²) in [6, 6.07) is 12.5. The van der Waals surface area contributed by atoms with E-state index in [9.17, 15) is 4.79 Å². The summed E-state index contributed by atoms with van der Waals surface area (Å²) in [5.74, 6) is 1.06. The summed E-state index contributed by atoms with van der Waals surface area (Å²) in [6.07, 6.45) is 2.95. The summed E-state index contributed by atoms with van der Waals surface area (Å²) >= 11 is 5.84. The number of aromatic nitrogens is 2. The first-order chi connectivity index (χ1) is 11.7. The van der Waals surface area contributed by atoms with Crippen LogP contribution in [-0.2, 0) is 13.1 Å². The molecule has 6 nitrogen and oxygen atoms in total. The molecule has 0 radical (unpaired) electrons. The largest absolute Gasteiger partial charge is 0.467 e. The van der Waals surface area contributed by atoms with Gasteiger partial charge in [-0.3, -0.25) is 4.79 Å². The Labute approximate surface area is 143 Å². The summed E-state index contributed by atoms with van der Waals surface area (Å²) < 4.78 is 5.23. The van der Waals surface area contributed by atoms with E-state index in [1.807, 2.05) is 24.3 Å². The first-order valence-electron chi connectivity index (χ1n) is 7.31. The van der Waals surface area contributed by atoms with Gasteiger partial charge in [-0.1, -0.05) is 23.7 Å². The van der Waals surface area contributed by atoms with Crippen molar-refractivity contribution in [1.82, 2.24) is 15.3 Å². The summed E-state index contributed by atoms with van der Waals surface area (Å²) in [5, 5.41) is 6.56. The zero-order valence-electron chi connectivity index (χ0n) is 12.7. The zero-order chi connectivity index (χ0) is 16.8. The van der Waals surface area contributed by atoms with E-state index in [-0.39, 0.29) is 5.91 Å². The van der Waals surface area contributed by atoms with Crippen LogP contribution in [0.25, 0.3) is 0 Å². The second-order valence-corrected chi connectivity index (χ2v) is 5.47. The third kappa shape index (κ3) is 4.33. The number of halogens is 1. The molecule has 0 saturated heterocycles. The standard InChI is InChI=1S/C17H15ClN4O2/c18-13-5-3-12(4-6-13)9-20-17(23)15-8-16(22-11-21-15)19-10-14-2-1-7-24-14/h1-8,11H,9-10H2,(H,20,23)(H,19,21,22). The second-order valence-electron chi connectivity index (χ2n) is 5.03. The van der Waals surface area contributed by atoms with Gasteiger partial charge < -0.3 is 15.1 Å². The molecule has 2 heterocycles. The van der Waals surface area contributed by atoms with Crippen LogP contribution >= 0.6 is 11.6 Å². The van der Waals surface area contributed by atoms with Crippen LogP contribution in [0.2, 0.25) is 5.02 Å². The molecule has 0 aliphatic carbocycles. The van der Waals surface area contributed by atoms with Crippen molar-refractivity contribution in [3.05, 3.63) is 77.1 Å². The number of hydrogen-bond acceptors (Lipinski definition) is 5. The number of nitrogens with zero attached hydrogens (tertiary/aromatic N) is 2. The molecule has 3 aromatic rings. The van der Waals surface area contributed by atoms with Gasteiger partial charge in [-0.05, 0) is 29.8 Å². The molecule has 0 bridgehead atoms. The van der Waals surface area contributed by atoms with Crippen molar-refractivity contribution in [2.45, 2.75) is 13.1 Å². The number of carbonyl (C=O) groups is 1. The molecule has 1 aromatic carbocycles. The Morgan fingerprint density at radius 2 is 1.96 bits per heavy atom. The molecule has 0 aliphatic rings. The van der Waals surface area contributed by atoms with Gasteiger partial charge in [0.1, 0.15) is 23.6 Å². The van der Waals surface area contributed by atoms with Crippen LogP contribution < -0.4 is 10.6 Å². The van der Waals surface area contributed by atoms with Crippen LogP contribution in [0.15, 0.2) is 59.5 Å². The van der Waals surface area contributed by atoms with Crippen LogP contribution in [0.1, 0.15) is 21.8 Å². The third-order valence-corrected chi connectivity index (χ3v) is 3.54. The van der Waals surface area contributed by atoms with E-state index in [2.05, 4.69) is 20.6 Å². The zero-order valence-corrected chi connectivity index (χ0v) is 13.5. The predicted octanol–water partition coefficient (Wildman–Crippen LogP) is 3.27. The van der Waals surface area contributed by atoms with Gasteiger partial charge in [-0.15, -0.1) is 0 Å². The van der Waals surface area contributed by atoms with E-state index in [1.165, 1.54) is 6.33 Å². The number of hydrogen-bond donors (Lipinski definition) is 2. The minimum atomic E-state index is -0.270. The lowest BCUT2D eigenvalue weighted by Gasteiger charge is -2.07. The van der Waals surface area contributed by atoms with Gasteiger partial charge in [0.25, 0.3) is 5.91 Å². The van der Waals surface area contributed by atoms with Gasteiger partial charge in [0.05, 0.1) is 12.8 Å².